The van der Waals surface area contributed by atoms with Gasteiger partial charge in [-0.25, -0.2) is 14.4 Å². The van der Waals surface area contributed by atoms with Crippen LogP contribution in [0.25, 0.3) is 11.3 Å². The van der Waals surface area contributed by atoms with E-state index in [1.54, 1.807) is 18.2 Å². The van der Waals surface area contributed by atoms with Crippen molar-refractivity contribution in [3.8, 4) is 17.3 Å². The van der Waals surface area contributed by atoms with Gasteiger partial charge >= 0.3 is 0 Å². The molecular formula is C13H11Cl2FN4. The second-order valence-electron chi connectivity index (χ2n) is 3.80. The quantitative estimate of drug-likeness (QED) is 0.860. The lowest BCUT2D eigenvalue weighted by atomic mass is 10.1. The number of halogens is 3. The molecule has 0 saturated carbocycles. The van der Waals surface area contributed by atoms with E-state index < -0.39 is 5.82 Å². The maximum Gasteiger partial charge on any atom is 0.223 e. The molecule has 1 aromatic heterocycles. The van der Waals surface area contributed by atoms with Crippen LogP contribution in [0.4, 0.5) is 4.39 Å². The summed E-state index contributed by atoms with van der Waals surface area (Å²) in [6.45, 7) is 0. The first-order valence-electron chi connectivity index (χ1n) is 5.45. The lowest BCUT2D eigenvalue weighted by Gasteiger charge is -2.06. The number of aromatic nitrogens is 2. The third-order valence-corrected chi connectivity index (χ3v) is 3.08. The van der Waals surface area contributed by atoms with E-state index >= 15 is 0 Å². The van der Waals surface area contributed by atoms with Gasteiger partial charge in [-0.15, -0.1) is 0 Å². The molecule has 0 aliphatic carbocycles. The van der Waals surface area contributed by atoms with E-state index in [-0.39, 0.29) is 17.1 Å². The Morgan fingerprint density at radius 2 is 2.05 bits per heavy atom. The molecule has 0 aliphatic heterocycles. The molecule has 0 fully saturated rings. The summed E-state index contributed by atoms with van der Waals surface area (Å²) in [5, 5.41) is 8.99. The van der Waals surface area contributed by atoms with Crippen LogP contribution in [-0.2, 0) is 6.42 Å². The minimum atomic E-state index is -0.565. The largest absolute Gasteiger partial charge is 0.344 e. The smallest absolute Gasteiger partial charge is 0.223 e. The third-order valence-electron chi connectivity index (χ3n) is 2.55. The van der Waals surface area contributed by atoms with E-state index in [2.05, 4.69) is 9.97 Å². The Balaban J connectivity index is 0.00000200. The zero-order valence-electron chi connectivity index (χ0n) is 10.4. The first-order chi connectivity index (χ1) is 9.11. The number of nitriles is 1. The molecule has 3 N–H and O–H groups in total. The Kier molecular flexibility index (Phi) is 5.83. The fourth-order valence-corrected chi connectivity index (χ4v) is 2.04. The van der Waals surface area contributed by atoms with Gasteiger partial charge in [0.15, 0.2) is 5.82 Å². The van der Waals surface area contributed by atoms with Gasteiger partial charge in [-0.3, -0.25) is 0 Å². The average Bonchev–Trinajstić information content (AvgIpc) is 2.40. The monoisotopic (exact) mass is 312 g/mol. The lowest BCUT2D eigenvalue weighted by molar-refractivity contribution is 0.618. The Labute approximate surface area is 125 Å². The molecular weight excluding hydrogens is 302 g/mol. The highest BCUT2D eigenvalue weighted by Gasteiger charge is 2.10. The number of hydrogen-bond acceptors (Lipinski definition) is 4. The van der Waals surface area contributed by atoms with E-state index in [0.717, 1.165) is 11.8 Å². The number of rotatable bonds is 3. The normalized spacial score (nSPS) is 9.70. The molecule has 2 aromatic rings. The Morgan fingerprint density at radius 1 is 1.30 bits per heavy atom. The van der Waals surface area contributed by atoms with Gasteiger partial charge in [0.1, 0.15) is 5.69 Å². The molecule has 0 amide bonds. The molecule has 0 saturated heterocycles. The second-order valence-corrected chi connectivity index (χ2v) is 4.55. The van der Waals surface area contributed by atoms with Crippen molar-refractivity contribution in [1.29, 1.82) is 5.26 Å². The number of nitrogens with zero attached hydrogens (tertiary/aromatic N) is 3. The molecule has 7 heteroatoms. The van der Waals surface area contributed by atoms with Crippen molar-refractivity contribution in [2.75, 3.05) is 0 Å². The molecule has 0 radical (unpaired) electrons. The van der Waals surface area contributed by atoms with Crippen LogP contribution >= 0.6 is 23.2 Å². The highest BCUT2D eigenvalue weighted by atomic mass is 35.5. The summed E-state index contributed by atoms with van der Waals surface area (Å²) in [4.78, 5) is 7.40. The minimum absolute atomic E-state index is 0. The van der Waals surface area contributed by atoms with Gasteiger partial charge in [0.2, 0.25) is 5.28 Å². The standard InChI is InChI=1S/C13H8Cl2FN3.H3N/c14-10-6-9(4-3-8(10)2-1-5-17)12-11(16)7-18-13(15)19-12;/h3-4,6-7H,1-2H2;1H3. The van der Waals surface area contributed by atoms with Gasteiger partial charge in [0.25, 0.3) is 0 Å². The fraction of sp³-hybridized carbons (Fsp3) is 0.154. The molecule has 0 aliphatic rings. The van der Waals surface area contributed by atoms with E-state index in [1.165, 1.54) is 0 Å². The van der Waals surface area contributed by atoms with Gasteiger partial charge in [0, 0.05) is 17.0 Å². The van der Waals surface area contributed by atoms with Crippen molar-refractivity contribution < 1.29 is 4.39 Å². The van der Waals surface area contributed by atoms with Gasteiger partial charge < -0.3 is 6.15 Å². The highest BCUT2D eigenvalue weighted by Crippen LogP contribution is 2.27. The zero-order valence-corrected chi connectivity index (χ0v) is 11.9. The third kappa shape index (κ3) is 3.64. The summed E-state index contributed by atoms with van der Waals surface area (Å²) >= 11 is 11.7. The Hall–Kier alpha value is -1.74. The van der Waals surface area contributed by atoms with E-state index in [0.29, 0.717) is 23.4 Å². The summed E-state index contributed by atoms with van der Waals surface area (Å²) in [5.74, 6) is -0.565. The van der Waals surface area contributed by atoms with Crippen LogP contribution in [0, 0.1) is 17.1 Å². The van der Waals surface area contributed by atoms with Crippen LogP contribution in [0.1, 0.15) is 12.0 Å². The van der Waals surface area contributed by atoms with Gasteiger partial charge in [-0.1, -0.05) is 23.7 Å². The summed E-state index contributed by atoms with van der Waals surface area (Å²) in [6, 6.07) is 7.11. The molecule has 104 valence electrons. The predicted octanol–water partition coefficient (Wildman–Crippen LogP) is 4.21. The van der Waals surface area contributed by atoms with Crippen LogP contribution < -0.4 is 6.15 Å². The molecule has 0 spiro atoms. The molecule has 4 nitrogen and oxygen atoms in total. The molecule has 1 aromatic carbocycles. The first kappa shape index (κ1) is 16.3. The maximum absolute atomic E-state index is 13.6. The molecule has 0 bridgehead atoms. The molecule has 1 heterocycles. The average molecular weight is 313 g/mol. The molecule has 0 atom stereocenters. The number of benzene rings is 1. The predicted molar refractivity (Wildman–Crippen MR) is 76.4 cm³/mol. The van der Waals surface area contributed by atoms with Crippen molar-refractivity contribution >= 4 is 23.2 Å². The molecule has 2 rings (SSSR count). The first-order valence-corrected chi connectivity index (χ1v) is 6.21. The van der Waals surface area contributed by atoms with Crippen LogP contribution in [0.15, 0.2) is 24.4 Å². The topological polar surface area (TPSA) is 84.6 Å². The maximum atomic E-state index is 13.6. The lowest BCUT2D eigenvalue weighted by Crippen LogP contribution is -1.94. The fourth-order valence-electron chi connectivity index (χ4n) is 1.64. The van der Waals surface area contributed by atoms with Crippen LogP contribution in [-0.4, -0.2) is 9.97 Å². The van der Waals surface area contributed by atoms with Crippen molar-refractivity contribution in [2.45, 2.75) is 12.8 Å². The van der Waals surface area contributed by atoms with Crippen molar-refractivity contribution in [3.05, 3.63) is 46.1 Å². The molecule has 0 unspecified atom stereocenters. The minimum Gasteiger partial charge on any atom is -0.344 e. The summed E-state index contributed by atoms with van der Waals surface area (Å²) in [6.07, 6.45) is 1.96. The number of hydrogen-bond donors (Lipinski definition) is 1. The van der Waals surface area contributed by atoms with Gasteiger partial charge in [-0.05, 0) is 29.7 Å². The van der Waals surface area contributed by atoms with Crippen molar-refractivity contribution in [1.82, 2.24) is 16.1 Å². The van der Waals surface area contributed by atoms with E-state index in [9.17, 15) is 4.39 Å². The SMILES string of the molecule is N.N#CCCc1ccc(-c2nc(Cl)ncc2F)cc1Cl. The van der Waals surface area contributed by atoms with Gasteiger partial charge in [-0.2, -0.15) is 5.26 Å². The van der Waals surface area contributed by atoms with E-state index in [1.807, 2.05) is 6.07 Å². The van der Waals surface area contributed by atoms with Crippen LogP contribution in [0.3, 0.4) is 0 Å². The van der Waals surface area contributed by atoms with Crippen LogP contribution in [0.2, 0.25) is 10.3 Å². The second kappa shape index (κ2) is 7.15. The van der Waals surface area contributed by atoms with Crippen molar-refractivity contribution in [2.24, 2.45) is 0 Å². The Bertz CT molecular complexity index is 655. The zero-order chi connectivity index (χ0) is 13.8. The summed E-state index contributed by atoms with van der Waals surface area (Å²) in [5.41, 5.74) is 1.47. The summed E-state index contributed by atoms with van der Waals surface area (Å²) < 4.78 is 13.6. The number of aryl methyl sites for hydroxylation is 1. The Morgan fingerprint density at radius 3 is 2.70 bits per heavy atom. The van der Waals surface area contributed by atoms with E-state index in [4.69, 9.17) is 28.5 Å². The molecule has 20 heavy (non-hydrogen) atoms. The summed E-state index contributed by atoms with van der Waals surface area (Å²) in [7, 11) is 0. The van der Waals surface area contributed by atoms with Crippen LogP contribution in [0.5, 0.6) is 0 Å². The van der Waals surface area contributed by atoms with Gasteiger partial charge in [0.05, 0.1) is 12.3 Å². The highest BCUT2D eigenvalue weighted by molar-refractivity contribution is 6.31. The van der Waals surface area contributed by atoms with Crippen molar-refractivity contribution in [3.63, 3.8) is 0 Å².